The molecule has 1 spiro atoms. The summed E-state index contributed by atoms with van der Waals surface area (Å²) in [5.41, 5.74) is 4.48. The second kappa shape index (κ2) is 4.94. The van der Waals surface area contributed by atoms with Gasteiger partial charge < -0.3 is 9.64 Å². The Morgan fingerprint density at radius 3 is 2.96 bits per heavy atom. The molecule has 5 rings (SSSR count). The maximum Gasteiger partial charge on any atom is 0.338 e. The molecule has 3 unspecified atom stereocenters. The van der Waals surface area contributed by atoms with Crippen LogP contribution >= 0.6 is 0 Å². The molecule has 24 heavy (non-hydrogen) atoms. The molecule has 1 aromatic carbocycles. The number of fused-ring (bicyclic) bond motifs is 5. The van der Waals surface area contributed by atoms with Crippen LogP contribution in [0.25, 0.3) is 0 Å². The number of esters is 1. The zero-order chi connectivity index (χ0) is 16.5. The predicted octanol–water partition coefficient (Wildman–Crippen LogP) is 2.47. The average molecular weight is 343 g/mol. The normalized spacial score (nSPS) is 37.3. The lowest BCUT2D eigenvalue weighted by Gasteiger charge is -2.48. The lowest BCUT2D eigenvalue weighted by Crippen LogP contribution is -2.49. The van der Waals surface area contributed by atoms with E-state index < -0.39 is 15.5 Å². The van der Waals surface area contributed by atoms with E-state index in [4.69, 9.17) is 4.74 Å². The predicted molar refractivity (Wildman–Crippen MR) is 91.8 cm³/mol. The molecule has 4 aliphatic rings. The monoisotopic (exact) mass is 343 g/mol. The number of ether oxygens (including phenoxy) is 1. The van der Waals surface area contributed by atoms with Gasteiger partial charge in [0.25, 0.3) is 0 Å². The molecule has 0 N–H and O–H groups in total. The molecule has 4 aliphatic heterocycles. The van der Waals surface area contributed by atoms with Gasteiger partial charge in [-0.25, -0.2) is 4.79 Å². The molecule has 0 aliphatic carbocycles. The van der Waals surface area contributed by atoms with Crippen molar-refractivity contribution >= 4 is 16.8 Å². The minimum Gasteiger partial charge on any atom is -0.453 e. The van der Waals surface area contributed by atoms with Crippen LogP contribution in [0.1, 0.15) is 43.4 Å². The molecule has 0 saturated carbocycles. The van der Waals surface area contributed by atoms with Crippen molar-refractivity contribution in [3.8, 4) is 0 Å². The van der Waals surface area contributed by atoms with Gasteiger partial charge in [-0.1, -0.05) is 24.3 Å². The van der Waals surface area contributed by atoms with E-state index in [1.807, 2.05) is 6.92 Å². The lowest BCUT2D eigenvalue weighted by molar-refractivity contribution is -0.139. The Morgan fingerprint density at radius 2 is 2.17 bits per heavy atom. The quantitative estimate of drug-likeness (QED) is 0.679. The van der Waals surface area contributed by atoms with Gasteiger partial charge in [0.1, 0.15) is 6.10 Å². The Balaban J connectivity index is 1.73. The Kier molecular flexibility index (Phi) is 3.03. The van der Waals surface area contributed by atoms with Gasteiger partial charge in [0.15, 0.2) is 0 Å². The number of hydrogen-bond acceptors (Lipinski definition) is 4. The SMILES string of the molecule is C[C@H]1OC(=O)C2=C1N1CCc3ccccc3C1CC21CCCS1=O. The lowest BCUT2D eigenvalue weighted by atomic mass is 9.77. The van der Waals surface area contributed by atoms with Crippen molar-refractivity contribution in [1.82, 2.24) is 4.90 Å². The van der Waals surface area contributed by atoms with E-state index in [-0.39, 0.29) is 18.1 Å². The van der Waals surface area contributed by atoms with Crippen molar-refractivity contribution in [3.63, 3.8) is 0 Å². The number of hydrogen-bond donors (Lipinski definition) is 0. The van der Waals surface area contributed by atoms with Crippen LogP contribution in [0.4, 0.5) is 0 Å². The Labute approximate surface area is 144 Å². The summed E-state index contributed by atoms with van der Waals surface area (Å²) in [7, 11) is -0.991. The van der Waals surface area contributed by atoms with Gasteiger partial charge in [-0.15, -0.1) is 0 Å². The summed E-state index contributed by atoms with van der Waals surface area (Å²) in [6.07, 6.45) is 3.30. The summed E-state index contributed by atoms with van der Waals surface area (Å²) in [6.45, 7) is 2.86. The third-order valence-electron chi connectivity index (χ3n) is 6.18. The van der Waals surface area contributed by atoms with Crippen LogP contribution in [0.5, 0.6) is 0 Å². The third kappa shape index (κ3) is 1.74. The summed E-state index contributed by atoms with van der Waals surface area (Å²) < 4.78 is 18.1. The average Bonchev–Trinajstić information content (AvgIpc) is 3.09. The fourth-order valence-corrected chi connectivity index (χ4v) is 7.11. The highest BCUT2D eigenvalue weighted by Crippen LogP contribution is 2.54. The first-order valence-electron chi connectivity index (χ1n) is 8.80. The van der Waals surface area contributed by atoms with Gasteiger partial charge >= 0.3 is 5.97 Å². The largest absolute Gasteiger partial charge is 0.453 e. The number of carbonyl (C=O) groups is 1. The number of nitrogens with zero attached hydrogens (tertiary/aromatic N) is 1. The van der Waals surface area contributed by atoms with Gasteiger partial charge in [0, 0.05) is 23.1 Å². The molecule has 0 amide bonds. The van der Waals surface area contributed by atoms with Crippen LogP contribution in [0, 0.1) is 0 Å². The standard InChI is InChI=1S/C19H21NO3S/c1-12-17-16(18(21)23-12)19(8-4-10-24(19)22)11-15-14-6-3-2-5-13(14)7-9-20(15)17/h2-3,5-6,12,15H,4,7-11H2,1H3/t12-,15?,19?,24?/m1/s1. The Hall–Kier alpha value is -1.62. The fourth-order valence-electron chi connectivity index (χ4n) is 5.19. The van der Waals surface area contributed by atoms with Crippen molar-refractivity contribution in [2.75, 3.05) is 12.3 Å². The molecule has 0 bridgehead atoms. The van der Waals surface area contributed by atoms with Gasteiger partial charge in [0.05, 0.1) is 22.1 Å². The Morgan fingerprint density at radius 1 is 1.33 bits per heavy atom. The van der Waals surface area contributed by atoms with Crippen LogP contribution in [0.3, 0.4) is 0 Å². The van der Waals surface area contributed by atoms with Gasteiger partial charge in [-0.3, -0.25) is 4.21 Å². The first-order chi connectivity index (χ1) is 11.6. The van der Waals surface area contributed by atoms with Crippen LogP contribution < -0.4 is 0 Å². The molecular weight excluding hydrogens is 322 g/mol. The molecule has 126 valence electrons. The molecule has 1 saturated heterocycles. The molecule has 1 aromatic rings. The van der Waals surface area contributed by atoms with E-state index >= 15 is 0 Å². The summed E-state index contributed by atoms with van der Waals surface area (Å²) in [4.78, 5) is 15.0. The molecule has 4 heterocycles. The van der Waals surface area contributed by atoms with E-state index in [1.165, 1.54) is 11.1 Å². The first kappa shape index (κ1) is 14.7. The molecule has 1 fully saturated rings. The molecule has 0 aromatic heterocycles. The zero-order valence-corrected chi connectivity index (χ0v) is 14.6. The minimum absolute atomic E-state index is 0.215. The highest BCUT2D eigenvalue weighted by atomic mass is 32.2. The van der Waals surface area contributed by atoms with E-state index in [0.29, 0.717) is 5.75 Å². The van der Waals surface area contributed by atoms with Gasteiger partial charge in [-0.05, 0) is 43.7 Å². The number of carbonyl (C=O) groups excluding carboxylic acids is 1. The highest BCUT2D eigenvalue weighted by molar-refractivity contribution is 7.87. The first-order valence-corrected chi connectivity index (χ1v) is 10.1. The van der Waals surface area contributed by atoms with Crippen molar-refractivity contribution < 1.29 is 13.7 Å². The van der Waals surface area contributed by atoms with E-state index in [0.717, 1.165) is 43.5 Å². The molecule has 0 radical (unpaired) electrons. The van der Waals surface area contributed by atoms with Gasteiger partial charge in [-0.2, -0.15) is 0 Å². The number of benzene rings is 1. The summed E-state index contributed by atoms with van der Waals surface area (Å²) >= 11 is 0. The van der Waals surface area contributed by atoms with Crippen LogP contribution in [-0.2, 0) is 26.8 Å². The van der Waals surface area contributed by atoms with Crippen LogP contribution in [0.15, 0.2) is 35.5 Å². The summed E-state index contributed by atoms with van der Waals surface area (Å²) in [5, 5.41) is 0. The van der Waals surface area contributed by atoms with E-state index in [2.05, 4.69) is 29.2 Å². The minimum atomic E-state index is -0.991. The Bertz CT molecular complexity index is 802. The molecule has 4 atom stereocenters. The maximum absolute atomic E-state index is 13.0. The summed E-state index contributed by atoms with van der Waals surface area (Å²) in [5.74, 6) is 0.470. The van der Waals surface area contributed by atoms with Crippen LogP contribution in [-0.4, -0.2) is 38.2 Å². The molecule has 5 heteroatoms. The fraction of sp³-hybridized carbons (Fsp3) is 0.526. The number of rotatable bonds is 0. The van der Waals surface area contributed by atoms with Gasteiger partial charge in [0.2, 0.25) is 0 Å². The van der Waals surface area contributed by atoms with Crippen molar-refractivity contribution in [2.24, 2.45) is 0 Å². The second-order valence-electron chi connectivity index (χ2n) is 7.32. The van der Waals surface area contributed by atoms with Crippen molar-refractivity contribution in [3.05, 3.63) is 46.7 Å². The van der Waals surface area contributed by atoms with E-state index in [1.54, 1.807) is 0 Å². The maximum atomic E-state index is 13.0. The second-order valence-corrected chi connectivity index (χ2v) is 9.20. The number of cyclic esters (lactones) is 1. The van der Waals surface area contributed by atoms with E-state index in [9.17, 15) is 9.00 Å². The zero-order valence-electron chi connectivity index (χ0n) is 13.8. The molecule has 4 nitrogen and oxygen atoms in total. The highest BCUT2D eigenvalue weighted by Gasteiger charge is 2.58. The summed E-state index contributed by atoms with van der Waals surface area (Å²) in [6, 6.07) is 8.80. The topological polar surface area (TPSA) is 46.6 Å². The molecular formula is C19H21NO3S. The van der Waals surface area contributed by atoms with Crippen molar-refractivity contribution in [2.45, 2.75) is 49.5 Å². The van der Waals surface area contributed by atoms with Crippen molar-refractivity contribution in [1.29, 1.82) is 0 Å². The third-order valence-corrected chi connectivity index (χ3v) is 8.28. The smallest absolute Gasteiger partial charge is 0.338 e. The van der Waals surface area contributed by atoms with Crippen LogP contribution in [0.2, 0.25) is 0 Å².